The minimum Gasteiger partial charge on any atom is -0.465 e. The molecule has 0 aliphatic rings. The van der Waals surface area contributed by atoms with Crippen molar-refractivity contribution in [3.8, 4) is 0 Å². The molecule has 0 amide bonds. The molecule has 0 fully saturated rings. The van der Waals surface area contributed by atoms with Gasteiger partial charge < -0.3 is 4.74 Å². The van der Waals surface area contributed by atoms with E-state index in [9.17, 15) is 4.79 Å². The van der Waals surface area contributed by atoms with Gasteiger partial charge in [-0.1, -0.05) is 43.8 Å². The number of ether oxygens (including phenoxy) is 1. The van der Waals surface area contributed by atoms with Gasteiger partial charge in [-0.3, -0.25) is 4.79 Å². The van der Waals surface area contributed by atoms with Crippen LogP contribution in [0.1, 0.15) is 31.9 Å². The molecular weight excluding hydrogens is 294 g/mol. The highest BCUT2D eigenvalue weighted by Gasteiger charge is 2.18. The predicted octanol–water partition coefficient (Wildman–Crippen LogP) is 4.53. The van der Waals surface area contributed by atoms with Gasteiger partial charge in [-0.2, -0.15) is 0 Å². The van der Waals surface area contributed by atoms with E-state index < -0.39 is 0 Å². The number of para-hydroxylation sites is 1. The van der Waals surface area contributed by atoms with Gasteiger partial charge in [-0.25, -0.2) is 4.98 Å². The Morgan fingerprint density at radius 3 is 2.64 bits per heavy atom. The summed E-state index contributed by atoms with van der Waals surface area (Å²) >= 11 is 1.46. The van der Waals surface area contributed by atoms with Gasteiger partial charge in [-0.05, 0) is 43.9 Å². The molecule has 1 aromatic carbocycles. The third kappa shape index (κ3) is 4.01. The van der Waals surface area contributed by atoms with E-state index in [-0.39, 0.29) is 11.2 Å². The molecule has 2 rings (SSSR count). The van der Waals surface area contributed by atoms with E-state index in [0.717, 1.165) is 16.1 Å². The lowest BCUT2D eigenvalue weighted by Crippen LogP contribution is -2.19. The first-order valence-electron chi connectivity index (χ1n) is 7.58. The number of carbonyl (C=O) groups excluding carboxylic acids is 1. The van der Waals surface area contributed by atoms with Crippen molar-refractivity contribution in [2.45, 2.75) is 44.9 Å². The molecule has 0 saturated heterocycles. The molecule has 1 aromatic heterocycles. The van der Waals surface area contributed by atoms with Crippen molar-refractivity contribution in [1.29, 1.82) is 0 Å². The van der Waals surface area contributed by atoms with Crippen molar-refractivity contribution in [1.82, 2.24) is 4.98 Å². The zero-order valence-corrected chi connectivity index (χ0v) is 14.7. The van der Waals surface area contributed by atoms with Crippen LogP contribution < -0.4 is 0 Å². The van der Waals surface area contributed by atoms with Crippen LogP contribution in [0.3, 0.4) is 0 Å². The maximum Gasteiger partial charge on any atom is 0.319 e. The van der Waals surface area contributed by atoms with Crippen molar-refractivity contribution >= 4 is 28.6 Å². The van der Waals surface area contributed by atoms with Gasteiger partial charge in [0, 0.05) is 5.39 Å². The summed E-state index contributed by atoms with van der Waals surface area (Å²) in [7, 11) is 0. The number of fused-ring (bicyclic) bond motifs is 1. The topological polar surface area (TPSA) is 39.2 Å². The number of thioether (sulfide) groups is 1. The highest BCUT2D eigenvalue weighted by molar-refractivity contribution is 8.00. The fourth-order valence-corrected chi connectivity index (χ4v) is 3.10. The average molecular weight is 317 g/mol. The molecule has 1 atom stereocenters. The van der Waals surface area contributed by atoms with Gasteiger partial charge in [0.05, 0.1) is 17.1 Å². The van der Waals surface area contributed by atoms with Crippen LogP contribution >= 0.6 is 11.8 Å². The number of nitrogens with zero attached hydrogens (tertiary/aromatic N) is 1. The second-order valence-electron chi connectivity index (χ2n) is 6.03. The SMILES string of the molecule is Cc1cc(SC(C)C(=O)OCC(C)C)nc2c(C)cccc12. The number of benzene rings is 1. The largest absolute Gasteiger partial charge is 0.465 e. The highest BCUT2D eigenvalue weighted by Crippen LogP contribution is 2.28. The molecule has 0 radical (unpaired) electrons. The molecule has 0 saturated carbocycles. The van der Waals surface area contributed by atoms with Crippen molar-refractivity contribution in [3.63, 3.8) is 0 Å². The Balaban J connectivity index is 2.18. The average Bonchev–Trinajstić information content (AvgIpc) is 2.46. The first-order valence-corrected chi connectivity index (χ1v) is 8.46. The number of aryl methyl sites for hydroxylation is 2. The molecule has 118 valence electrons. The van der Waals surface area contributed by atoms with E-state index >= 15 is 0 Å². The first kappa shape index (κ1) is 16.8. The smallest absolute Gasteiger partial charge is 0.319 e. The maximum absolute atomic E-state index is 12.0. The second-order valence-corrected chi connectivity index (χ2v) is 7.39. The Labute approximate surface area is 136 Å². The number of pyridine rings is 1. The minimum atomic E-state index is -0.257. The zero-order valence-electron chi connectivity index (χ0n) is 13.8. The molecular formula is C18H23NO2S. The van der Waals surface area contributed by atoms with Crippen LogP contribution in [-0.4, -0.2) is 22.8 Å². The number of aromatic nitrogens is 1. The first-order chi connectivity index (χ1) is 10.4. The summed E-state index contributed by atoms with van der Waals surface area (Å²) in [5.74, 6) is 0.174. The van der Waals surface area contributed by atoms with Gasteiger partial charge in [0.2, 0.25) is 0 Å². The van der Waals surface area contributed by atoms with Crippen LogP contribution in [0.4, 0.5) is 0 Å². The summed E-state index contributed by atoms with van der Waals surface area (Å²) < 4.78 is 5.29. The Morgan fingerprint density at radius 1 is 1.23 bits per heavy atom. The van der Waals surface area contributed by atoms with Gasteiger partial charge in [0.1, 0.15) is 5.25 Å². The third-order valence-electron chi connectivity index (χ3n) is 3.41. The normalized spacial score (nSPS) is 12.6. The Bertz CT molecular complexity index is 682. The summed E-state index contributed by atoms with van der Waals surface area (Å²) in [5.41, 5.74) is 3.34. The lowest BCUT2D eigenvalue weighted by molar-refractivity contribution is -0.143. The van der Waals surface area contributed by atoms with Crippen molar-refractivity contribution in [3.05, 3.63) is 35.4 Å². The summed E-state index contributed by atoms with van der Waals surface area (Å²) in [6, 6.07) is 8.23. The molecule has 2 aromatic rings. The van der Waals surface area contributed by atoms with E-state index in [1.165, 1.54) is 22.7 Å². The molecule has 0 bridgehead atoms. The fourth-order valence-electron chi connectivity index (χ4n) is 2.19. The molecule has 0 spiro atoms. The maximum atomic E-state index is 12.0. The molecule has 0 aliphatic heterocycles. The van der Waals surface area contributed by atoms with Crippen molar-refractivity contribution in [2.75, 3.05) is 6.61 Å². The molecule has 22 heavy (non-hydrogen) atoms. The molecule has 3 nitrogen and oxygen atoms in total. The summed E-state index contributed by atoms with van der Waals surface area (Å²) in [5, 5.41) is 1.78. The van der Waals surface area contributed by atoms with Crippen LogP contribution in [0.25, 0.3) is 10.9 Å². The van der Waals surface area contributed by atoms with Gasteiger partial charge >= 0.3 is 5.97 Å². The fraction of sp³-hybridized carbons (Fsp3) is 0.444. The van der Waals surface area contributed by atoms with Crippen molar-refractivity contribution in [2.24, 2.45) is 5.92 Å². The van der Waals surface area contributed by atoms with E-state index in [0.29, 0.717) is 12.5 Å². The standard InChI is InChI=1S/C18H23NO2S/c1-11(2)10-21-18(20)14(5)22-16-9-13(4)15-8-6-7-12(3)17(15)19-16/h6-9,11,14H,10H2,1-5H3. The van der Waals surface area contributed by atoms with Gasteiger partial charge in [0.25, 0.3) is 0 Å². The number of rotatable bonds is 5. The highest BCUT2D eigenvalue weighted by atomic mass is 32.2. The van der Waals surface area contributed by atoms with Crippen molar-refractivity contribution < 1.29 is 9.53 Å². The number of hydrogen-bond acceptors (Lipinski definition) is 4. The Hall–Kier alpha value is -1.55. The van der Waals surface area contributed by atoms with E-state index in [2.05, 4.69) is 26.0 Å². The van der Waals surface area contributed by atoms with E-state index in [1.807, 2.05) is 32.9 Å². The van der Waals surface area contributed by atoms with E-state index in [1.54, 1.807) is 0 Å². The Morgan fingerprint density at radius 2 is 1.95 bits per heavy atom. The quantitative estimate of drug-likeness (QED) is 0.600. The summed E-state index contributed by atoms with van der Waals surface area (Å²) in [6.07, 6.45) is 0. The second kappa shape index (κ2) is 7.14. The van der Waals surface area contributed by atoms with Gasteiger partial charge in [-0.15, -0.1) is 0 Å². The predicted molar refractivity (Wildman–Crippen MR) is 92.3 cm³/mol. The Kier molecular flexibility index (Phi) is 5.46. The lowest BCUT2D eigenvalue weighted by Gasteiger charge is -2.13. The molecule has 0 N–H and O–H groups in total. The van der Waals surface area contributed by atoms with Crippen LogP contribution in [0, 0.1) is 19.8 Å². The number of carbonyl (C=O) groups is 1. The number of hydrogen-bond donors (Lipinski definition) is 0. The molecule has 4 heteroatoms. The van der Waals surface area contributed by atoms with Crippen LogP contribution in [0.15, 0.2) is 29.3 Å². The van der Waals surface area contributed by atoms with E-state index in [4.69, 9.17) is 9.72 Å². The van der Waals surface area contributed by atoms with Crippen LogP contribution in [0.2, 0.25) is 0 Å². The van der Waals surface area contributed by atoms with Crippen LogP contribution in [0.5, 0.6) is 0 Å². The number of esters is 1. The molecule has 1 unspecified atom stereocenters. The van der Waals surface area contributed by atoms with Gasteiger partial charge in [0.15, 0.2) is 0 Å². The molecule has 1 heterocycles. The lowest BCUT2D eigenvalue weighted by atomic mass is 10.1. The minimum absolute atomic E-state index is 0.178. The van der Waals surface area contributed by atoms with Crippen LogP contribution in [-0.2, 0) is 9.53 Å². The monoisotopic (exact) mass is 317 g/mol. The zero-order chi connectivity index (χ0) is 16.3. The molecule has 0 aliphatic carbocycles. The summed E-state index contributed by atoms with van der Waals surface area (Å²) in [4.78, 5) is 16.7. The third-order valence-corrected chi connectivity index (χ3v) is 4.41. The summed E-state index contributed by atoms with van der Waals surface area (Å²) in [6.45, 7) is 10.5.